The average molecular weight is 409 g/mol. The number of ether oxygens (including phenoxy) is 2. The van der Waals surface area contributed by atoms with Crippen LogP contribution in [0.25, 0.3) is 0 Å². The van der Waals surface area contributed by atoms with Crippen molar-refractivity contribution in [1.29, 1.82) is 0 Å². The first-order chi connectivity index (χ1) is 14.4. The third kappa shape index (κ3) is 4.37. The minimum absolute atomic E-state index is 0.00807. The van der Waals surface area contributed by atoms with E-state index in [9.17, 15) is 14.4 Å². The molecule has 30 heavy (non-hydrogen) atoms. The number of methoxy groups -OCH3 is 1. The van der Waals surface area contributed by atoms with E-state index >= 15 is 0 Å². The summed E-state index contributed by atoms with van der Waals surface area (Å²) in [5.74, 6) is 0.179. The second-order valence-corrected chi connectivity index (χ2v) is 7.61. The molecular formula is C24H27NO5. The van der Waals surface area contributed by atoms with Gasteiger partial charge in [-0.2, -0.15) is 0 Å². The van der Waals surface area contributed by atoms with E-state index in [1.807, 2.05) is 30.3 Å². The molecule has 1 aliphatic heterocycles. The molecule has 2 aromatic carbocycles. The number of rotatable bonds is 6. The first-order valence-corrected chi connectivity index (χ1v) is 10.0. The highest BCUT2D eigenvalue weighted by Crippen LogP contribution is 2.37. The number of likely N-dealkylation sites (tertiary alicyclic amines) is 1. The number of carbonyl (C=O) groups excluding carboxylic acids is 3. The number of hydrogen-bond acceptors (Lipinski definition) is 5. The minimum atomic E-state index is -0.807. The Labute approximate surface area is 176 Å². The summed E-state index contributed by atoms with van der Waals surface area (Å²) in [6.45, 7) is 4.05. The Morgan fingerprint density at radius 3 is 2.23 bits per heavy atom. The Morgan fingerprint density at radius 1 is 1.00 bits per heavy atom. The number of hydrogen-bond donors (Lipinski definition) is 0. The van der Waals surface area contributed by atoms with Gasteiger partial charge in [0.1, 0.15) is 12.4 Å². The molecule has 0 saturated carbocycles. The van der Waals surface area contributed by atoms with E-state index in [1.54, 1.807) is 30.0 Å². The maximum atomic E-state index is 13.4. The summed E-state index contributed by atoms with van der Waals surface area (Å²) in [4.78, 5) is 38.6. The fourth-order valence-corrected chi connectivity index (χ4v) is 3.96. The van der Waals surface area contributed by atoms with E-state index in [4.69, 9.17) is 9.47 Å². The van der Waals surface area contributed by atoms with Crippen molar-refractivity contribution in [3.63, 3.8) is 0 Å². The molecule has 1 aliphatic rings. The van der Waals surface area contributed by atoms with Crippen molar-refractivity contribution in [3.8, 4) is 5.75 Å². The predicted molar refractivity (Wildman–Crippen MR) is 112 cm³/mol. The Morgan fingerprint density at radius 2 is 1.67 bits per heavy atom. The van der Waals surface area contributed by atoms with Gasteiger partial charge in [0.2, 0.25) is 5.91 Å². The van der Waals surface area contributed by atoms with Crippen LogP contribution in [-0.2, 0) is 26.3 Å². The zero-order valence-electron chi connectivity index (χ0n) is 17.6. The number of Topliss-reactive ketones (excluding diaryl/α,β-unsaturated/α-hetero) is 1. The van der Waals surface area contributed by atoms with Gasteiger partial charge in [-0.05, 0) is 43.5 Å². The lowest BCUT2D eigenvalue weighted by molar-refractivity contribution is -0.155. The topological polar surface area (TPSA) is 72.9 Å². The van der Waals surface area contributed by atoms with Crippen molar-refractivity contribution in [2.45, 2.75) is 38.7 Å². The molecule has 3 rings (SSSR count). The Balaban J connectivity index is 1.84. The standard InChI is InChI=1S/C24H27NO5/c1-17(26)19-9-10-22(29-3)20(15-19)16-30-23(28)24(21-7-5-4-6-8-21)11-13-25(14-12-24)18(2)27/h4-10,15H,11-14,16H2,1-3H3. The second-order valence-electron chi connectivity index (χ2n) is 7.61. The third-order valence-electron chi connectivity index (χ3n) is 5.83. The fourth-order valence-electron chi connectivity index (χ4n) is 3.96. The molecule has 0 aromatic heterocycles. The lowest BCUT2D eigenvalue weighted by Gasteiger charge is -2.40. The van der Waals surface area contributed by atoms with Crippen LogP contribution in [0.15, 0.2) is 48.5 Å². The van der Waals surface area contributed by atoms with Crippen molar-refractivity contribution >= 4 is 17.7 Å². The van der Waals surface area contributed by atoms with Crippen LogP contribution in [0.3, 0.4) is 0 Å². The molecule has 0 bridgehead atoms. The molecule has 0 spiro atoms. The van der Waals surface area contributed by atoms with Crippen LogP contribution in [-0.4, -0.2) is 42.8 Å². The quantitative estimate of drug-likeness (QED) is 0.539. The van der Waals surface area contributed by atoms with Gasteiger partial charge in [-0.15, -0.1) is 0 Å². The van der Waals surface area contributed by atoms with Crippen molar-refractivity contribution in [2.75, 3.05) is 20.2 Å². The highest BCUT2D eigenvalue weighted by Gasteiger charge is 2.44. The smallest absolute Gasteiger partial charge is 0.317 e. The summed E-state index contributed by atoms with van der Waals surface area (Å²) in [6.07, 6.45) is 1.00. The SMILES string of the molecule is COc1ccc(C(C)=O)cc1COC(=O)C1(c2ccccc2)CCN(C(C)=O)CC1. The molecule has 1 fully saturated rings. The summed E-state index contributed by atoms with van der Waals surface area (Å²) in [6, 6.07) is 14.7. The van der Waals surface area contributed by atoms with Gasteiger partial charge in [0.15, 0.2) is 5.78 Å². The van der Waals surface area contributed by atoms with Gasteiger partial charge in [-0.25, -0.2) is 0 Å². The second kappa shape index (κ2) is 9.11. The molecule has 6 heteroatoms. The molecule has 6 nitrogen and oxygen atoms in total. The van der Waals surface area contributed by atoms with E-state index in [-0.39, 0.29) is 24.3 Å². The maximum absolute atomic E-state index is 13.4. The average Bonchev–Trinajstić information content (AvgIpc) is 2.77. The monoisotopic (exact) mass is 409 g/mol. The number of piperidine rings is 1. The highest BCUT2D eigenvalue weighted by molar-refractivity contribution is 5.94. The Bertz CT molecular complexity index is 930. The first-order valence-electron chi connectivity index (χ1n) is 10.0. The van der Waals surface area contributed by atoms with Gasteiger partial charge in [-0.1, -0.05) is 30.3 Å². The summed E-state index contributed by atoms with van der Waals surface area (Å²) in [5, 5.41) is 0. The highest BCUT2D eigenvalue weighted by atomic mass is 16.5. The maximum Gasteiger partial charge on any atom is 0.317 e. The number of ketones is 1. The van der Waals surface area contributed by atoms with E-state index in [0.29, 0.717) is 42.8 Å². The van der Waals surface area contributed by atoms with Crippen LogP contribution < -0.4 is 4.74 Å². The van der Waals surface area contributed by atoms with Gasteiger partial charge in [-0.3, -0.25) is 14.4 Å². The van der Waals surface area contributed by atoms with Crippen molar-refractivity contribution in [1.82, 2.24) is 4.90 Å². The van der Waals surface area contributed by atoms with E-state index in [0.717, 1.165) is 5.56 Å². The molecular weight excluding hydrogens is 382 g/mol. The molecule has 1 saturated heterocycles. The van der Waals surface area contributed by atoms with Crippen molar-refractivity contribution in [2.24, 2.45) is 0 Å². The van der Waals surface area contributed by atoms with Crippen molar-refractivity contribution in [3.05, 3.63) is 65.2 Å². The number of carbonyl (C=O) groups is 3. The molecule has 0 N–H and O–H groups in total. The summed E-state index contributed by atoms with van der Waals surface area (Å²) in [5.41, 5.74) is 1.26. The van der Waals surface area contributed by atoms with Gasteiger partial charge in [0.25, 0.3) is 0 Å². The Hall–Kier alpha value is -3.15. The zero-order chi connectivity index (χ0) is 21.7. The first kappa shape index (κ1) is 21.6. The Kier molecular flexibility index (Phi) is 6.55. The molecule has 0 radical (unpaired) electrons. The zero-order valence-corrected chi connectivity index (χ0v) is 17.6. The number of nitrogens with zero attached hydrogens (tertiary/aromatic N) is 1. The van der Waals surface area contributed by atoms with Gasteiger partial charge < -0.3 is 14.4 Å². The lowest BCUT2D eigenvalue weighted by atomic mass is 9.72. The number of amides is 1. The largest absolute Gasteiger partial charge is 0.496 e. The summed E-state index contributed by atoms with van der Waals surface area (Å²) < 4.78 is 11.1. The normalized spacial score (nSPS) is 15.4. The lowest BCUT2D eigenvalue weighted by Crippen LogP contribution is -2.49. The molecule has 0 atom stereocenters. The summed E-state index contributed by atoms with van der Waals surface area (Å²) >= 11 is 0. The van der Waals surface area contributed by atoms with E-state index in [1.165, 1.54) is 14.0 Å². The molecule has 2 aromatic rings. The van der Waals surface area contributed by atoms with Crippen LogP contribution >= 0.6 is 0 Å². The molecule has 1 heterocycles. The van der Waals surface area contributed by atoms with Crippen LogP contribution in [0, 0.1) is 0 Å². The molecule has 0 aliphatic carbocycles. The number of esters is 1. The van der Waals surface area contributed by atoms with E-state index < -0.39 is 5.41 Å². The van der Waals surface area contributed by atoms with Crippen molar-refractivity contribution < 1.29 is 23.9 Å². The predicted octanol–water partition coefficient (Wildman–Crippen LogP) is 3.52. The molecule has 1 amide bonds. The fraction of sp³-hybridized carbons (Fsp3) is 0.375. The van der Waals surface area contributed by atoms with Crippen LogP contribution in [0.5, 0.6) is 5.75 Å². The molecule has 0 unspecified atom stereocenters. The third-order valence-corrected chi connectivity index (χ3v) is 5.83. The van der Waals surface area contributed by atoms with Gasteiger partial charge in [0, 0.05) is 31.1 Å². The number of benzene rings is 2. The van der Waals surface area contributed by atoms with Crippen LogP contribution in [0.2, 0.25) is 0 Å². The van der Waals surface area contributed by atoms with Gasteiger partial charge >= 0.3 is 5.97 Å². The van der Waals surface area contributed by atoms with Crippen LogP contribution in [0.4, 0.5) is 0 Å². The summed E-state index contributed by atoms with van der Waals surface area (Å²) in [7, 11) is 1.54. The van der Waals surface area contributed by atoms with Gasteiger partial charge in [0.05, 0.1) is 12.5 Å². The van der Waals surface area contributed by atoms with E-state index in [2.05, 4.69) is 0 Å². The minimum Gasteiger partial charge on any atom is -0.496 e. The van der Waals surface area contributed by atoms with Crippen LogP contribution in [0.1, 0.15) is 48.2 Å². The molecule has 158 valence electrons.